The number of aliphatic hydroxyl groups excluding tert-OH is 1. The van der Waals surface area contributed by atoms with Crippen LogP contribution >= 0.6 is 0 Å². The fraction of sp³-hybridized carbons (Fsp3) is 0.867. The van der Waals surface area contributed by atoms with E-state index in [4.69, 9.17) is 19.7 Å². The predicted molar refractivity (Wildman–Crippen MR) is 81.7 cm³/mol. The number of esters is 1. The Hall–Kier alpha value is -1.18. The quantitative estimate of drug-likeness (QED) is 0.338. The van der Waals surface area contributed by atoms with Crippen molar-refractivity contribution < 1.29 is 34.0 Å². The van der Waals surface area contributed by atoms with Crippen LogP contribution in [0.2, 0.25) is 0 Å². The summed E-state index contributed by atoms with van der Waals surface area (Å²) < 4.78 is 15.1. The number of unbranched alkanes of at least 4 members (excludes halogenated alkanes) is 1. The van der Waals surface area contributed by atoms with Gasteiger partial charge in [0.25, 0.3) is 0 Å². The second-order valence-corrected chi connectivity index (χ2v) is 4.74. The van der Waals surface area contributed by atoms with Crippen LogP contribution in [0.1, 0.15) is 47.0 Å². The van der Waals surface area contributed by atoms with E-state index >= 15 is 0 Å². The fourth-order valence-corrected chi connectivity index (χ4v) is 1.16. The van der Waals surface area contributed by atoms with Crippen molar-refractivity contribution in [1.82, 2.24) is 0 Å². The van der Waals surface area contributed by atoms with Crippen molar-refractivity contribution >= 4 is 11.9 Å². The number of carbonyl (C=O) groups is 2. The van der Waals surface area contributed by atoms with Gasteiger partial charge < -0.3 is 24.4 Å². The topological polar surface area (TPSA) is 102 Å². The van der Waals surface area contributed by atoms with Crippen LogP contribution in [0.25, 0.3) is 0 Å². The summed E-state index contributed by atoms with van der Waals surface area (Å²) in [5.74, 6) is -1.85. The van der Waals surface area contributed by atoms with Gasteiger partial charge in [0.05, 0.1) is 32.0 Å². The highest BCUT2D eigenvalue weighted by Crippen LogP contribution is 1.98. The maximum Gasteiger partial charge on any atom is 0.317 e. The lowest BCUT2D eigenvalue weighted by Gasteiger charge is -2.15. The van der Waals surface area contributed by atoms with E-state index in [1.165, 1.54) is 0 Å². The second-order valence-electron chi connectivity index (χ2n) is 4.74. The van der Waals surface area contributed by atoms with Gasteiger partial charge in [-0.1, -0.05) is 13.3 Å². The summed E-state index contributed by atoms with van der Waals surface area (Å²) in [5, 5.41) is 16.7. The number of carboxylic acid groups (broad SMARTS) is 1. The Balaban J connectivity index is 0. The highest BCUT2D eigenvalue weighted by molar-refractivity contribution is 5.90. The summed E-state index contributed by atoms with van der Waals surface area (Å²) >= 11 is 0. The maximum absolute atomic E-state index is 10.3. The van der Waals surface area contributed by atoms with E-state index in [0.29, 0.717) is 6.61 Å². The highest BCUT2D eigenvalue weighted by Gasteiger charge is 2.06. The monoisotopic (exact) mass is 322 g/mol. The van der Waals surface area contributed by atoms with Crippen LogP contribution in [0.4, 0.5) is 0 Å². The molecule has 0 aliphatic rings. The molecule has 0 radical (unpaired) electrons. The van der Waals surface area contributed by atoms with Crippen LogP contribution in [-0.4, -0.2) is 60.8 Å². The van der Waals surface area contributed by atoms with Crippen LogP contribution in [0.5, 0.6) is 0 Å². The minimum Gasteiger partial charge on any atom is -0.481 e. The standard InChI is InChI=1S/C10H22O3.C5H8O4/c1-4-5-6-12-10(3)8-13-9(2)7-11;1-2-9-5(8)3-4(6)7/h9-11H,4-8H2,1-3H3;2-3H2,1H3,(H,6,7). The Morgan fingerprint density at radius 3 is 2.18 bits per heavy atom. The molecule has 132 valence electrons. The summed E-state index contributed by atoms with van der Waals surface area (Å²) in [6.45, 7) is 9.25. The minimum atomic E-state index is -1.16. The lowest BCUT2D eigenvalue weighted by molar-refractivity contribution is -0.150. The molecule has 0 bridgehead atoms. The summed E-state index contributed by atoms with van der Waals surface area (Å²) in [6.07, 6.45) is 1.74. The predicted octanol–water partition coefficient (Wildman–Crippen LogP) is 1.61. The number of hydrogen-bond donors (Lipinski definition) is 2. The first-order valence-corrected chi connectivity index (χ1v) is 7.58. The number of carbonyl (C=O) groups excluding carboxylic acids is 1. The van der Waals surface area contributed by atoms with E-state index < -0.39 is 18.4 Å². The van der Waals surface area contributed by atoms with Crippen LogP contribution in [0.15, 0.2) is 0 Å². The van der Waals surface area contributed by atoms with Crippen molar-refractivity contribution in [3.63, 3.8) is 0 Å². The van der Waals surface area contributed by atoms with Gasteiger partial charge in [-0.05, 0) is 27.2 Å². The molecule has 0 aromatic carbocycles. The third kappa shape index (κ3) is 18.8. The second kappa shape index (κ2) is 16.2. The van der Waals surface area contributed by atoms with Crippen LogP contribution in [0, 0.1) is 0 Å². The molecule has 0 spiro atoms. The molecule has 2 atom stereocenters. The molecule has 0 saturated carbocycles. The summed E-state index contributed by atoms with van der Waals surface area (Å²) in [4.78, 5) is 20.0. The molecule has 2 unspecified atom stereocenters. The molecule has 2 N–H and O–H groups in total. The molecule has 0 aliphatic carbocycles. The number of ether oxygens (including phenoxy) is 3. The Labute approximate surface area is 132 Å². The zero-order valence-electron chi connectivity index (χ0n) is 14.0. The zero-order valence-corrected chi connectivity index (χ0v) is 14.0. The van der Waals surface area contributed by atoms with Crippen molar-refractivity contribution in [3.8, 4) is 0 Å². The largest absolute Gasteiger partial charge is 0.481 e. The van der Waals surface area contributed by atoms with E-state index in [-0.39, 0.29) is 25.4 Å². The molecule has 0 heterocycles. The Kier molecular flexibility index (Phi) is 17.0. The van der Waals surface area contributed by atoms with Crippen molar-refractivity contribution in [2.24, 2.45) is 0 Å². The Morgan fingerprint density at radius 2 is 1.73 bits per heavy atom. The normalized spacial score (nSPS) is 12.8. The molecular weight excluding hydrogens is 292 g/mol. The number of carboxylic acids is 1. The van der Waals surface area contributed by atoms with Gasteiger partial charge in [0.1, 0.15) is 6.42 Å². The summed E-state index contributed by atoms with van der Waals surface area (Å²) in [7, 11) is 0. The summed E-state index contributed by atoms with van der Waals surface area (Å²) in [5.41, 5.74) is 0. The average Bonchev–Trinajstić information content (AvgIpc) is 2.45. The van der Waals surface area contributed by atoms with Crippen molar-refractivity contribution in [3.05, 3.63) is 0 Å². The third-order valence-electron chi connectivity index (χ3n) is 2.37. The molecule has 0 aliphatic heterocycles. The molecule has 0 amide bonds. The average molecular weight is 322 g/mol. The minimum absolute atomic E-state index is 0.0711. The van der Waals surface area contributed by atoms with Gasteiger partial charge in [-0.2, -0.15) is 0 Å². The lowest BCUT2D eigenvalue weighted by Crippen LogP contribution is -2.22. The van der Waals surface area contributed by atoms with Crippen LogP contribution in [-0.2, 0) is 23.8 Å². The number of hydrogen-bond acceptors (Lipinski definition) is 6. The van der Waals surface area contributed by atoms with Gasteiger partial charge in [-0.15, -0.1) is 0 Å². The molecule has 22 heavy (non-hydrogen) atoms. The molecule has 0 saturated heterocycles. The highest BCUT2D eigenvalue weighted by atomic mass is 16.5. The van der Waals surface area contributed by atoms with Crippen molar-refractivity contribution in [1.29, 1.82) is 0 Å². The summed E-state index contributed by atoms with van der Waals surface area (Å²) in [6, 6.07) is 0. The van der Waals surface area contributed by atoms with E-state index in [2.05, 4.69) is 11.7 Å². The van der Waals surface area contributed by atoms with Gasteiger partial charge in [0.2, 0.25) is 0 Å². The third-order valence-corrected chi connectivity index (χ3v) is 2.37. The SMILES string of the molecule is CCCCOC(C)COC(C)CO.CCOC(=O)CC(=O)O. The van der Waals surface area contributed by atoms with E-state index in [1.807, 2.05) is 13.8 Å². The smallest absolute Gasteiger partial charge is 0.317 e. The van der Waals surface area contributed by atoms with Crippen LogP contribution < -0.4 is 0 Å². The fourth-order valence-electron chi connectivity index (χ4n) is 1.16. The van der Waals surface area contributed by atoms with Crippen molar-refractivity contribution in [2.75, 3.05) is 26.4 Å². The van der Waals surface area contributed by atoms with E-state index in [9.17, 15) is 9.59 Å². The molecule has 7 nitrogen and oxygen atoms in total. The first-order chi connectivity index (χ1) is 10.4. The first-order valence-electron chi connectivity index (χ1n) is 7.58. The zero-order chi connectivity index (χ0) is 17.4. The van der Waals surface area contributed by atoms with Gasteiger partial charge in [0.15, 0.2) is 0 Å². The molecule has 0 aromatic heterocycles. The maximum atomic E-state index is 10.3. The molecule has 7 heteroatoms. The Morgan fingerprint density at radius 1 is 1.09 bits per heavy atom. The van der Waals surface area contributed by atoms with E-state index in [0.717, 1.165) is 19.4 Å². The number of aliphatic hydroxyl groups is 1. The molecular formula is C15H30O7. The molecule has 0 aromatic rings. The lowest BCUT2D eigenvalue weighted by atomic mass is 10.3. The number of rotatable bonds is 11. The van der Waals surface area contributed by atoms with E-state index in [1.54, 1.807) is 6.92 Å². The number of aliphatic carboxylic acids is 1. The van der Waals surface area contributed by atoms with Crippen molar-refractivity contribution in [2.45, 2.75) is 59.2 Å². The van der Waals surface area contributed by atoms with Gasteiger partial charge in [-0.3, -0.25) is 9.59 Å². The Bertz CT molecular complexity index is 281. The van der Waals surface area contributed by atoms with Gasteiger partial charge >= 0.3 is 11.9 Å². The van der Waals surface area contributed by atoms with Crippen LogP contribution in [0.3, 0.4) is 0 Å². The molecule has 0 fully saturated rings. The molecule has 0 rings (SSSR count). The van der Waals surface area contributed by atoms with Gasteiger partial charge in [0, 0.05) is 6.61 Å². The van der Waals surface area contributed by atoms with Gasteiger partial charge in [-0.25, -0.2) is 0 Å². The first kappa shape index (κ1) is 23.1.